The number of rotatable bonds is 5. The fourth-order valence-electron chi connectivity index (χ4n) is 2.94. The number of hydrogen-bond acceptors (Lipinski definition) is 5. The van der Waals surface area contributed by atoms with Crippen molar-refractivity contribution >= 4 is 17.5 Å². The van der Waals surface area contributed by atoms with Crippen LogP contribution in [0.5, 0.6) is 5.75 Å². The van der Waals surface area contributed by atoms with Crippen LogP contribution in [-0.2, 0) is 0 Å². The lowest BCUT2D eigenvalue weighted by molar-refractivity contribution is -0.385. The van der Waals surface area contributed by atoms with Crippen molar-refractivity contribution in [1.82, 2.24) is 4.90 Å². The standard InChI is InChI=1S/C18H16N2O5/c1-11-5-3-6-12(2)16(11)25-10-9-19-17(21)13-7-4-8-14(20(23)24)15(13)18(19)22/h3-8H,9-10H2,1-2H3. The van der Waals surface area contributed by atoms with Crippen LogP contribution >= 0.6 is 0 Å². The number of nitro benzene ring substituents is 1. The first kappa shape index (κ1) is 16.6. The summed E-state index contributed by atoms with van der Waals surface area (Å²) >= 11 is 0. The Morgan fingerprint density at radius 1 is 1.04 bits per heavy atom. The highest BCUT2D eigenvalue weighted by atomic mass is 16.6. The van der Waals surface area contributed by atoms with Crippen molar-refractivity contribution in [2.24, 2.45) is 0 Å². The number of aryl methyl sites for hydroxylation is 2. The average Bonchev–Trinajstić information content (AvgIpc) is 2.82. The van der Waals surface area contributed by atoms with Crippen LogP contribution in [0.1, 0.15) is 31.8 Å². The van der Waals surface area contributed by atoms with E-state index in [1.165, 1.54) is 18.2 Å². The molecule has 128 valence electrons. The van der Waals surface area contributed by atoms with Crippen LogP contribution in [-0.4, -0.2) is 34.8 Å². The number of carbonyl (C=O) groups is 2. The first-order valence-electron chi connectivity index (χ1n) is 7.74. The summed E-state index contributed by atoms with van der Waals surface area (Å²) in [4.78, 5) is 36.3. The highest BCUT2D eigenvalue weighted by Gasteiger charge is 2.40. The second-order valence-electron chi connectivity index (χ2n) is 5.79. The predicted octanol–water partition coefficient (Wildman–Crippen LogP) is 2.89. The van der Waals surface area contributed by atoms with Gasteiger partial charge < -0.3 is 4.74 Å². The molecule has 0 saturated heterocycles. The number of hydrogen-bond donors (Lipinski definition) is 0. The molecule has 0 atom stereocenters. The second-order valence-corrected chi connectivity index (χ2v) is 5.79. The maximum atomic E-state index is 12.5. The quantitative estimate of drug-likeness (QED) is 0.474. The van der Waals surface area contributed by atoms with E-state index in [1.807, 2.05) is 32.0 Å². The van der Waals surface area contributed by atoms with Gasteiger partial charge in [0.1, 0.15) is 17.9 Å². The number of nitro groups is 1. The Morgan fingerprint density at radius 3 is 2.32 bits per heavy atom. The highest BCUT2D eigenvalue weighted by Crippen LogP contribution is 2.30. The van der Waals surface area contributed by atoms with E-state index in [0.29, 0.717) is 5.75 Å². The van der Waals surface area contributed by atoms with Gasteiger partial charge in [0, 0.05) is 6.07 Å². The summed E-state index contributed by atoms with van der Waals surface area (Å²) < 4.78 is 5.72. The molecule has 0 saturated carbocycles. The zero-order chi connectivity index (χ0) is 18.1. The number of amides is 2. The Hall–Kier alpha value is -3.22. The molecule has 0 spiro atoms. The van der Waals surface area contributed by atoms with Gasteiger partial charge >= 0.3 is 0 Å². The van der Waals surface area contributed by atoms with Gasteiger partial charge in [-0.25, -0.2) is 0 Å². The van der Waals surface area contributed by atoms with Gasteiger partial charge in [0.05, 0.1) is 17.0 Å². The third-order valence-corrected chi connectivity index (χ3v) is 4.14. The van der Waals surface area contributed by atoms with Crippen molar-refractivity contribution in [2.45, 2.75) is 13.8 Å². The van der Waals surface area contributed by atoms with Crippen molar-refractivity contribution in [2.75, 3.05) is 13.2 Å². The molecule has 0 unspecified atom stereocenters. The molecule has 1 heterocycles. The molecule has 0 bridgehead atoms. The zero-order valence-electron chi connectivity index (χ0n) is 13.8. The van der Waals surface area contributed by atoms with E-state index in [9.17, 15) is 19.7 Å². The summed E-state index contributed by atoms with van der Waals surface area (Å²) in [5.41, 5.74) is 1.47. The second kappa shape index (κ2) is 6.35. The fraction of sp³-hybridized carbons (Fsp3) is 0.222. The molecule has 7 nitrogen and oxygen atoms in total. The third-order valence-electron chi connectivity index (χ3n) is 4.14. The van der Waals surface area contributed by atoms with Gasteiger partial charge in [-0.05, 0) is 31.0 Å². The Labute approximate surface area is 144 Å². The summed E-state index contributed by atoms with van der Waals surface area (Å²) in [5, 5.41) is 11.1. The minimum absolute atomic E-state index is 0.0251. The Kier molecular flexibility index (Phi) is 4.22. The van der Waals surface area contributed by atoms with Crippen LogP contribution in [0.15, 0.2) is 36.4 Å². The van der Waals surface area contributed by atoms with E-state index < -0.39 is 16.7 Å². The maximum absolute atomic E-state index is 12.5. The number of fused-ring (bicyclic) bond motifs is 1. The van der Waals surface area contributed by atoms with Crippen LogP contribution in [0.3, 0.4) is 0 Å². The Morgan fingerprint density at radius 2 is 1.68 bits per heavy atom. The molecule has 3 rings (SSSR count). The molecule has 2 amide bonds. The minimum Gasteiger partial charge on any atom is -0.491 e. The lowest BCUT2D eigenvalue weighted by Gasteiger charge is -2.16. The summed E-state index contributed by atoms with van der Waals surface area (Å²) in [5.74, 6) is -0.476. The fourth-order valence-corrected chi connectivity index (χ4v) is 2.94. The van der Waals surface area contributed by atoms with E-state index in [1.54, 1.807) is 0 Å². The molecule has 7 heteroatoms. The molecule has 0 fully saturated rings. The molecule has 1 aliphatic rings. The highest BCUT2D eigenvalue weighted by molar-refractivity contribution is 6.23. The summed E-state index contributed by atoms with van der Waals surface area (Å²) in [7, 11) is 0. The molecule has 1 aliphatic heterocycles. The Balaban J connectivity index is 1.77. The largest absolute Gasteiger partial charge is 0.491 e. The molecule has 25 heavy (non-hydrogen) atoms. The molecule has 0 N–H and O–H groups in total. The van der Waals surface area contributed by atoms with Gasteiger partial charge in [0.15, 0.2) is 0 Å². The number of imide groups is 1. The number of para-hydroxylation sites is 1. The molecule has 2 aromatic carbocycles. The number of nitrogens with zero attached hydrogens (tertiary/aromatic N) is 2. The van der Waals surface area contributed by atoms with E-state index in [4.69, 9.17) is 4.74 Å². The first-order valence-corrected chi connectivity index (χ1v) is 7.74. The maximum Gasteiger partial charge on any atom is 0.282 e. The molecule has 2 aromatic rings. The number of benzene rings is 2. The third kappa shape index (κ3) is 2.84. The van der Waals surface area contributed by atoms with Gasteiger partial charge in [-0.1, -0.05) is 24.3 Å². The SMILES string of the molecule is Cc1cccc(C)c1OCCN1C(=O)c2cccc([N+](=O)[O-])c2C1=O. The van der Waals surface area contributed by atoms with Crippen molar-refractivity contribution in [1.29, 1.82) is 0 Å². The van der Waals surface area contributed by atoms with E-state index >= 15 is 0 Å². The van der Waals surface area contributed by atoms with Crippen LogP contribution in [0.2, 0.25) is 0 Å². The van der Waals surface area contributed by atoms with Gasteiger partial charge in [0.2, 0.25) is 0 Å². The normalized spacial score (nSPS) is 13.1. The molecule has 0 radical (unpaired) electrons. The summed E-state index contributed by atoms with van der Waals surface area (Å²) in [6.07, 6.45) is 0. The van der Waals surface area contributed by atoms with Crippen LogP contribution in [0.4, 0.5) is 5.69 Å². The van der Waals surface area contributed by atoms with Gasteiger partial charge in [-0.15, -0.1) is 0 Å². The van der Waals surface area contributed by atoms with Crippen LogP contribution in [0.25, 0.3) is 0 Å². The van der Waals surface area contributed by atoms with E-state index in [-0.39, 0.29) is 30.0 Å². The first-order chi connectivity index (χ1) is 11.9. The van der Waals surface area contributed by atoms with E-state index in [2.05, 4.69) is 0 Å². The predicted molar refractivity (Wildman–Crippen MR) is 89.9 cm³/mol. The molecular weight excluding hydrogens is 324 g/mol. The molecule has 0 aliphatic carbocycles. The van der Waals surface area contributed by atoms with Crippen molar-refractivity contribution in [3.8, 4) is 5.75 Å². The topological polar surface area (TPSA) is 89.8 Å². The van der Waals surface area contributed by atoms with Gasteiger partial charge in [-0.2, -0.15) is 0 Å². The lowest BCUT2D eigenvalue weighted by Crippen LogP contribution is -2.33. The van der Waals surface area contributed by atoms with Crippen molar-refractivity contribution in [3.63, 3.8) is 0 Å². The van der Waals surface area contributed by atoms with E-state index in [0.717, 1.165) is 16.0 Å². The Bertz CT molecular complexity index is 871. The van der Waals surface area contributed by atoms with Gasteiger partial charge in [0.25, 0.3) is 17.5 Å². The van der Waals surface area contributed by atoms with Gasteiger partial charge in [-0.3, -0.25) is 24.6 Å². The average molecular weight is 340 g/mol. The monoisotopic (exact) mass is 340 g/mol. The van der Waals surface area contributed by atoms with Crippen molar-refractivity contribution in [3.05, 3.63) is 68.8 Å². The minimum atomic E-state index is -0.655. The molecular formula is C18H16N2O5. The summed E-state index contributed by atoms with van der Waals surface area (Å²) in [6.45, 7) is 3.96. The smallest absolute Gasteiger partial charge is 0.282 e. The number of carbonyl (C=O) groups excluding carboxylic acids is 2. The van der Waals surface area contributed by atoms with Crippen molar-refractivity contribution < 1.29 is 19.2 Å². The lowest BCUT2D eigenvalue weighted by atomic mass is 10.1. The van der Waals surface area contributed by atoms with Crippen LogP contribution in [0, 0.1) is 24.0 Å². The number of ether oxygens (including phenoxy) is 1. The zero-order valence-corrected chi connectivity index (χ0v) is 13.8. The summed E-state index contributed by atoms with van der Waals surface area (Å²) in [6, 6.07) is 9.79. The van der Waals surface area contributed by atoms with Crippen LogP contribution < -0.4 is 4.74 Å². The molecule has 0 aromatic heterocycles.